The van der Waals surface area contributed by atoms with Gasteiger partial charge in [-0.1, -0.05) is 23.7 Å². The lowest BCUT2D eigenvalue weighted by Crippen LogP contribution is -2.43. The van der Waals surface area contributed by atoms with E-state index in [1.54, 1.807) is 11.3 Å². The number of anilines is 2. The van der Waals surface area contributed by atoms with Gasteiger partial charge in [-0.15, -0.1) is 11.3 Å². The Morgan fingerprint density at radius 1 is 0.964 bits per heavy atom. The first kappa shape index (κ1) is 17.7. The van der Waals surface area contributed by atoms with Gasteiger partial charge in [0.1, 0.15) is 0 Å². The Morgan fingerprint density at radius 3 is 2.54 bits per heavy atom. The first-order chi connectivity index (χ1) is 13.7. The summed E-state index contributed by atoms with van der Waals surface area (Å²) in [5.41, 5.74) is 5.49. The molecule has 1 saturated heterocycles. The van der Waals surface area contributed by atoms with Crippen molar-refractivity contribution in [2.75, 3.05) is 36.4 Å². The summed E-state index contributed by atoms with van der Waals surface area (Å²) in [5.74, 6) is -0.0195. The van der Waals surface area contributed by atoms with Crippen LogP contribution in [0.5, 0.6) is 0 Å². The lowest BCUT2D eigenvalue weighted by Gasteiger charge is -2.30. The number of nitrogens with one attached hydrogen (secondary N) is 2. The molecule has 1 fully saturated rings. The first-order valence-corrected chi connectivity index (χ1v) is 10.7. The van der Waals surface area contributed by atoms with Gasteiger partial charge in [-0.2, -0.15) is 0 Å². The van der Waals surface area contributed by atoms with Gasteiger partial charge in [0.05, 0.1) is 4.88 Å². The van der Waals surface area contributed by atoms with Crippen LogP contribution in [-0.4, -0.2) is 32.1 Å². The molecule has 28 heavy (non-hydrogen) atoms. The molecule has 1 aromatic heterocycles. The number of hydrogen-bond donors (Lipinski definition) is 2. The zero-order chi connectivity index (χ0) is 19.1. The van der Waals surface area contributed by atoms with Crippen LogP contribution in [-0.2, 0) is 6.42 Å². The molecule has 6 heteroatoms. The summed E-state index contributed by atoms with van der Waals surface area (Å²) in [4.78, 5) is 17.1. The van der Waals surface area contributed by atoms with Crippen LogP contribution in [0.3, 0.4) is 0 Å². The highest BCUT2D eigenvalue weighted by Gasteiger charge is 2.23. The van der Waals surface area contributed by atoms with Gasteiger partial charge in [-0.3, -0.25) is 4.79 Å². The van der Waals surface area contributed by atoms with Crippen LogP contribution in [0.25, 0.3) is 10.4 Å². The van der Waals surface area contributed by atoms with Crippen molar-refractivity contribution >= 4 is 40.2 Å². The van der Waals surface area contributed by atoms with Gasteiger partial charge in [-0.05, 0) is 53.1 Å². The van der Waals surface area contributed by atoms with E-state index in [0.29, 0.717) is 5.02 Å². The van der Waals surface area contributed by atoms with Crippen LogP contribution in [0.4, 0.5) is 11.4 Å². The van der Waals surface area contributed by atoms with Crippen molar-refractivity contribution in [1.82, 2.24) is 5.32 Å². The average Bonchev–Trinajstić information content (AvgIpc) is 3.09. The number of thiophene rings is 1. The van der Waals surface area contributed by atoms with Crippen LogP contribution in [0.2, 0.25) is 5.02 Å². The highest BCUT2D eigenvalue weighted by molar-refractivity contribution is 7.17. The van der Waals surface area contributed by atoms with Gasteiger partial charge in [0.25, 0.3) is 5.91 Å². The number of amides is 1. The number of carbonyl (C=O) groups excluding carboxylic acids is 1. The fourth-order valence-corrected chi connectivity index (χ4v) is 5.07. The number of rotatable bonds is 2. The lowest BCUT2D eigenvalue weighted by molar-refractivity contribution is 0.103. The molecule has 3 heterocycles. The molecule has 0 spiro atoms. The Kier molecular flexibility index (Phi) is 4.59. The van der Waals surface area contributed by atoms with Crippen molar-refractivity contribution in [3.05, 3.63) is 69.6 Å². The fraction of sp³-hybridized carbons (Fsp3) is 0.227. The standard InChI is InChI=1S/C22H20ClN3OS/c23-17-3-1-14(2-4-17)20-13-16-11-15-12-18(26-9-7-24-8-10-26)5-6-19(15)25-22(27)21(16)28-20/h1-6,12-13,24H,7-11H2,(H,25,27). The topological polar surface area (TPSA) is 44.4 Å². The van der Waals surface area contributed by atoms with E-state index in [2.05, 4.69) is 33.7 Å². The number of hydrogen-bond acceptors (Lipinski definition) is 4. The van der Waals surface area contributed by atoms with Crippen molar-refractivity contribution in [3.8, 4) is 10.4 Å². The largest absolute Gasteiger partial charge is 0.369 e. The molecule has 0 radical (unpaired) electrons. The molecule has 1 amide bonds. The molecule has 0 aliphatic carbocycles. The highest BCUT2D eigenvalue weighted by Crippen LogP contribution is 2.37. The molecule has 0 bridgehead atoms. The second kappa shape index (κ2) is 7.24. The predicted octanol–water partition coefficient (Wildman–Crippen LogP) is 4.63. The number of benzene rings is 2. The van der Waals surface area contributed by atoms with Crippen molar-refractivity contribution in [1.29, 1.82) is 0 Å². The van der Waals surface area contributed by atoms with E-state index < -0.39 is 0 Å². The van der Waals surface area contributed by atoms with E-state index in [1.807, 2.05) is 30.3 Å². The summed E-state index contributed by atoms with van der Waals surface area (Å²) in [6, 6.07) is 16.3. The molecule has 142 valence electrons. The van der Waals surface area contributed by atoms with E-state index in [0.717, 1.165) is 59.2 Å². The summed E-state index contributed by atoms with van der Waals surface area (Å²) in [5, 5.41) is 7.21. The normalized spacial score (nSPS) is 16.2. The summed E-state index contributed by atoms with van der Waals surface area (Å²) >= 11 is 7.56. The predicted molar refractivity (Wildman–Crippen MR) is 117 cm³/mol. The van der Waals surface area contributed by atoms with E-state index in [-0.39, 0.29) is 5.91 Å². The number of carbonyl (C=O) groups is 1. The van der Waals surface area contributed by atoms with Crippen LogP contribution in [0, 0.1) is 0 Å². The van der Waals surface area contributed by atoms with Crippen LogP contribution in [0.1, 0.15) is 20.8 Å². The number of nitrogens with zero attached hydrogens (tertiary/aromatic N) is 1. The molecule has 2 aromatic carbocycles. The molecule has 2 aliphatic rings. The number of piperazine rings is 1. The Bertz CT molecular complexity index is 1040. The molecular formula is C22H20ClN3OS. The van der Waals surface area contributed by atoms with Crippen LogP contribution >= 0.6 is 22.9 Å². The second-order valence-electron chi connectivity index (χ2n) is 7.18. The van der Waals surface area contributed by atoms with E-state index in [4.69, 9.17) is 11.6 Å². The van der Waals surface area contributed by atoms with Gasteiger partial charge in [0.15, 0.2) is 0 Å². The fourth-order valence-electron chi connectivity index (χ4n) is 3.86. The van der Waals surface area contributed by atoms with Crippen LogP contribution in [0.15, 0.2) is 48.5 Å². The summed E-state index contributed by atoms with van der Waals surface area (Å²) < 4.78 is 0. The third-order valence-corrected chi connectivity index (χ3v) is 6.82. The van der Waals surface area contributed by atoms with Gasteiger partial charge in [-0.25, -0.2) is 0 Å². The Labute approximate surface area is 173 Å². The molecule has 0 unspecified atom stereocenters. The maximum absolute atomic E-state index is 12.8. The molecule has 5 rings (SSSR count). The lowest BCUT2D eigenvalue weighted by atomic mass is 10.0. The van der Waals surface area contributed by atoms with Crippen molar-refractivity contribution in [3.63, 3.8) is 0 Å². The first-order valence-electron chi connectivity index (χ1n) is 9.46. The minimum Gasteiger partial charge on any atom is -0.369 e. The Morgan fingerprint density at radius 2 is 1.75 bits per heavy atom. The molecular weight excluding hydrogens is 390 g/mol. The Hall–Kier alpha value is -2.34. The third kappa shape index (κ3) is 3.30. The minimum atomic E-state index is -0.0195. The number of fused-ring (bicyclic) bond motifs is 2. The average molecular weight is 410 g/mol. The zero-order valence-corrected chi connectivity index (χ0v) is 16.9. The Balaban J connectivity index is 1.50. The van der Waals surface area contributed by atoms with E-state index >= 15 is 0 Å². The molecule has 3 aromatic rings. The smallest absolute Gasteiger partial charge is 0.266 e. The van der Waals surface area contributed by atoms with Crippen molar-refractivity contribution in [2.45, 2.75) is 6.42 Å². The zero-order valence-electron chi connectivity index (χ0n) is 15.3. The van der Waals surface area contributed by atoms with Gasteiger partial charge >= 0.3 is 0 Å². The molecule has 2 aliphatic heterocycles. The summed E-state index contributed by atoms with van der Waals surface area (Å²) in [7, 11) is 0. The molecule has 4 nitrogen and oxygen atoms in total. The van der Waals surface area contributed by atoms with Gasteiger partial charge in [0, 0.05) is 53.9 Å². The quantitative estimate of drug-likeness (QED) is 0.648. The summed E-state index contributed by atoms with van der Waals surface area (Å²) in [6.45, 7) is 4.03. The van der Waals surface area contributed by atoms with Crippen LogP contribution < -0.4 is 15.5 Å². The third-order valence-electron chi connectivity index (χ3n) is 5.34. The van der Waals surface area contributed by atoms with Gasteiger partial charge in [0.2, 0.25) is 0 Å². The minimum absolute atomic E-state index is 0.0195. The van der Waals surface area contributed by atoms with Crippen molar-refractivity contribution in [2.24, 2.45) is 0 Å². The molecule has 0 saturated carbocycles. The van der Waals surface area contributed by atoms with Gasteiger partial charge < -0.3 is 15.5 Å². The molecule has 0 atom stereocenters. The van der Waals surface area contributed by atoms with E-state index in [1.165, 1.54) is 11.3 Å². The highest BCUT2D eigenvalue weighted by atomic mass is 35.5. The second-order valence-corrected chi connectivity index (χ2v) is 8.67. The van der Waals surface area contributed by atoms with Crippen molar-refractivity contribution < 1.29 is 4.79 Å². The maximum Gasteiger partial charge on any atom is 0.266 e. The summed E-state index contributed by atoms with van der Waals surface area (Å²) in [6.07, 6.45) is 0.757. The van der Waals surface area contributed by atoms with E-state index in [9.17, 15) is 4.79 Å². The molecule has 2 N–H and O–H groups in total. The monoisotopic (exact) mass is 409 g/mol. The SMILES string of the molecule is O=C1Nc2ccc(N3CCNCC3)cc2Cc2cc(-c3ccc(Cl)cc3)sc21. The number of halogens is 1. The maximum atomic E-state index is 12.8.